The first-order chi connectivity index (χ1) is 10.6. The van der Waals surface area contributed by atoms with Gasteiger partial charge >= 0.3 is 0 Å². The Labute approximate surface area is 145 Å². The summed E-state index contributed by atoms with van der Waals surface area (Å²) in [5.41, 5.74) is 5.40. The van der Waals surface area contributed by atoms with Crippen molar-refractivity contribution in [3.05, 3.63) is 0 Å². The number of primary amides is 1. The van der Waals surface area contributed by atoms with Crippen molar-refractivity contribution in [3.8, 4) is 0 Å². The molecule has 2 amide bonds. The number of nitrogens with two attached hydrogens (primary N) is 1. The summed E-state index contributed by atoms with van der Waals surface area (Å²) in [6.07, 6.45) is 4.96. The molecule has 1 unspecified atom stereocenters. The molecule has 0 saturated carbocycles. The number of piperidine rings is 2. The van der Waals surface area contributed by atoms with E-state index in [2.05, 4.69) is 17.1 Å². The minimum absolute atomic E-state index is 0. The number of hydrogen-bond acceptors (Lipinski definition) is 4. The normalized spacial score (nSPS) is 22.7. The van der Waals surface area contributed by atoms with E-state index in [4.69, 9.17) is 5.73 Å². The molecule has 2 saturated heterocycles. The Balaban J connectivity index is 0.00000264. The van der Waals surface area contributed by atoms with Crippen LogP contribution in [0.15, 0.2) is 0 Å². The van der Waals surface area contributed by atoms with Crippen molar-refractivity contribution >= 4 is 24.2 Å². The summed E-state index contributed by atoms with van der Waals surface area (Å²) < 4.78 is 0. The van der Waals surface area contributed by atoms with Gasteiger partial charge in [-0.2, -0.15) is 0 Å². The molecule has 0 aliphatic carbocycles. The quantitative estimate of drug-likeness (QED) is 0.738. The standard InChI is InChI=1S/C16H30N4O2.ClH/c1-2-9-19(14-5-7-18-8-6-14)12-15(21)20-10-3-4-13(11-20)16(17)22;/h13-14,18H,2-12H2,1H3,(H2,17,22);1H. The van der Waals surface area contributed by atoms with Crippen LogP contribution < -0.4 is 11.1 Å². The molecule has 1 atom stereocenters. The van der Waals surface area contributed by atoms with Crippen LogP contribution in [-0.2, 0) is 9.59 Å². The Morgan fingerprint density at radius 1 is 1.26 bits per heavy atom. The van der Waals surface area contributed by atoms with E-state index in [-0.39, 0.29) is 30.1 Å². The van der Waals surface area contributed by atoms with Gasteiger partial charge in [0, 0.05) is 19.1 Å². The maximum Gasteiger partial charge on any atom is 0.236 e. The van der Waals surface area contributed by atoms with Crippen LogP contribution in [0.5, 0.6) is 0 Å². The maximum atomic E-state index is 12.6. The molecule has 6 nitrogen and oxygen atoms in total. The summed E-state index contributed by atoms with van der Waals surface area (Å²) in [6.45, 7) is 6.92. The van der Waals surface area contributed by atoms with Gasteiger partial charge in [0.1, 0.15) is 0 Å². The van der Waals surface area contributed by atoms with E-state index in [1.54, 1.807) is 0 Å². The van der Waals surface area contributed by atoms with Gasteiger partial charge in [0.05, 0.1) is 12.5 Å². The first kappa shape index (κ1) is 20.2. The molecular weight excluding hydrogens is 316 g/mol. The van der Waals surface area contributed by atoms with Crippen LogP contribution in [0.25, 0.3) is 0 Å². The second kappa shape index (κ2) is 10.1. The van der Waals surface area contributed by atoms with Gasteiger partial charge in [-0.1, -0.05) is 6.92 Å². The third kappa shape index (κ3) is 5.94. The fraction of sp³-hybridized carbons (Fsp3) is 0.875. The van der Waals surface area contributed by atoms with Crippen molar-refractivity contribution in [2.75, 3.05) is 39.3 Å². The summed E-state index contributed by atoms with van der Waals surface area (Å²) in [4.78, 5) is 28.1. The Hall–Kier alpha value is -0.850. The van der Waals surface area contributed by atoms with Crippen molar-refractivity contribution in [2.24, 2.45) is 11.7 Å². The van der Waals surface area contributed by atoms with E-state index < -0.39 is 0 Å². The first-order valence-corrected chi connectivity index (χ1v) is 8.63. The van der Waals surface area contributed by atoms with Gasteiger partial charge in [-0.3, -0.25) is 14.5 Å². The lowest BCUT2D eigenvalue weighted by Gasteiger charge is -2.37. The monoisotopic (exact) mass is 346 g/mol. The van der Waals surface area contributed by atoms with Gasteiger partial charge in [-0.05, 0) is 51.7 Å². The molecule has 0 radical (unpaired) electrons. The van der Waals surface area contributed by atoms with Gasteiger partial charge in [-0.15, -0.1) is 12.4 Å². The Kier molecular flexibility index (Phi) is 8.87. The number of nitrogens with one attached hydrogen (secondary N) is 1. The number of nitrogens with zero attached hydrogens (tertiary/aromatic N) is 2. The highest BCUT2D eigenvalue weighted by molar-refractivity contribution is 5.85. The van der Waals surface area contributed by atoms with Gasteiger partial charge in [0.15, 0.2) is 0 Å². The maximum absolute atomic E-state index is 12.6. The molecule has 3 N–H and O–H groups in total. The van der Waals surface area contributed by atoms with E-state index in [0.717, 1.165) is 58.3 Å². The zero-order valence-corrected chi connectivity index (χ0v) is 14.9. The molecule has 134 valence electrons. The number of likely N-dealkylation sites (tertiary alicyclic amines) is 1. The van der Waals surface area contributed by atoms with Crippen molar-refractivity contribution in [1.82, 2.24) is 15.1 Å². The summed E-state index contributed by atoms with van der Waals surface area (Å²) in [5.74, 6) is -0.296. The van der Waals surface area contributed by atoms with Crippen LogP contribution in [0.4, 0.5) is 0 Å². The van der Waals surface area contributed by atoms with E-state index in [0.29, 0.717) is 19.1 Å². The topological polar surface area (TPSA) is 78.7 Å². The molecule has 2 aliphatic rings. The number of carbonyl (C=O) groups is 2. The third-order valence-corrected chi connectivity index (χ3v) is 4.85. The second-order valence-corrected chi connectivity index (χ2v) is 6.53. The predicted molar refractivity (Wildman–Crippen MR) is 93.5 cm³/mol. The van der Waals surface area contributed by atoms with Crippen LogP contribution in [0.2, 0.25) is 0 Å². The Bertz CT molecular complexity index is 388. The van der Waals surface area contributed by atoms with Crippen LogP contribution in [0, 0.1) is 5.92 Å². The predicted octanol–water partition coefficient (Wildman–Crippen LogP) is 0.596. The highest BCUT2D eigenvalue weighted by atomic mass is 35.5. The molecule has 2 rings (SSSR count). The molecule has 0 aromatic carbocycles. The van der Waals surface area contributed by atoms with Gasteiger partial charge < -0.3 is 16.0 Å². The fourth-order valence-electron chi connectivity index (χ4n) is 3.56. The van der Waals surface area contributed by atoms with E-state index >= 15 is 0 Å². The molecule has 0 bridgehead atoms. The van der Waals surface area contributed by atoms with Crippen LogP contribution in [0.1, 0.15) is 39.0 Å². The van der Waals surface area contributed by atoms with Gasteiger partial charge in [-0.25, -0.2) is 0 Å². The summed E-state index contributed by atoms with van der Waals surface area (Å²) >= 11 is 0. The molecule has 7 heteroatoms. The summed E-state index contributed by atoms with van der Waals surface area (Å²) in [7, 11) is 0. The number of halogens is 1. The highest BCUT2D eigenvalue weighted by Gasteiger charge is 2.29. The minimum atomic E-state index is -0.277. The highest BCUT2D eigenvalue weighted by Crippen LogP contribution is 2.18. The fourth-order valence-corrected chi connectivity index (χ4v) is 3.56. The lowest BCUT2D eigenvalue weighted by molar-refractivity contribution is -0.136. The van der Waals surface area contributed by atoms with Crippen LogP contribution >= 0.6 is 12.4 Å². The zero-order valence-electron chi connectivity index (χ0n) is 14.1. The molecule has 0 spiro atoms. The molecule has 0 aromatic heterocycles. The van der Waals surface area contributed by atoms with Crippen molar-refractivity contribution in [3.63, 3.8) is 0 Å². The van der Waals surface area contributed by atoms with Crippen LogP contribution in [0.3, 0.4) is 0 Å². The number of rotatable bonds is 6. The van der Waals surface area contributed by atoms with Crippen molar-refractivity contribution in [2.45, 2.75) is 45.1 Å². The number of amides is 2. The average molecular weight is 347 g/mol. The first-order valence-electron chi connectivity index (χ1n) is 8.63. The molecule has 23 heavy (non-hydrogen) atoms. The second-order valence-electron chi connectivity index (χ2n) is 6.53. The lowest BCUT2D eigenvalue weighted by Crippen LogP contribution is -2.51. The van der Waals surface area contributed by atoms with E-state index in [9.17, 15) is 9.59 Å². The Morgan fingerprint density at radius 2 is 1.96 bits per heavy atom. The van der Waals surface area contributed by atoms with Crippen molar-refractivity contribution < 1.29 is 9.59 Å². The average Bonchev–Trinajstić information content (AvgIpc) is 2.55. The minimum Gasteiger partial charge on any atom is -0.369 e. The third-order valence-electron chi connectivity index (χ3n) is 4.85. The molecule has 2 aliphatic heterocycles. The summed E-state index contributed by atoms with van der Waals surface area (Å²) in [6, 6.07) is 0.502. The lowest BCUT2D eigenvalue weighted by atomic mass is 9.97. The van der Waals surface area contributed by atoms with Gasteiger partial charge in [0.2, 0.25) is 11.8 Å². The van der Waals surface area contributed by atoms with Gasteiger partial charge in [0.25, 0.3) is 0 Å². The number of carbonyl (C=O) groups excluding carboxylic acids is 2. The van der Waals surface area contributed by atoms with E-state index in [1.165, 1.54) is 0 Å². The molecule has 2 heterocycles. The van der Waals surface area contributed by atoms with E-state index in [1.807, 2.05) is 4.90 Å². The molecule has 2 fully saturated rings. The number of hydrogen-bond donors (Lipinski definition) is 2. The largest absolute Gasteiger partial charge is 0.369 e. The molecular formula is C16H31ClN4O2. The zero-order chi connectivity index (χ0) is 15.9. The van der Waals surface area contributed by atoms with Crippen LogP contribution in [-0.4, -0.2) is 66.9 Å². The molecule has 0 aromatic rings. The summed E-state index contributed by atoms with van der Waals surface area (Å²) in [5, 5.41) is 3.37. The van der Waals surface area contributed by atoms with Crippen molar-refractivity contribution in [1.29, 1.82) is 0 Å². The smallest absolute Gasteiger partial charge is 0.236 e. The SMILES string of the molecule is CCCN(CC(=O)N1CCCC(C(N)=O)C1)C1CCNCC1.Cl. The Morgan fingerprint density at radius 3 is 2.57 bits per heavy atom.